The molecule has 0 radical (unpaired) electrons. The Morgan fingerprint density at radius 1 is 1.29 bits per heavy atom. The highest BCUT2D eigenvalue weighted by Gasteiger charge is 2.30. The van der Waals surface area contributed by atoms with Gasteiger partial charge < -0.3 is 15.0 Å². The van der Waals surface area contributed by atoms with Crippen LogP contribution in [0.15, 0.2) is 30.3 Å². The maximum Gasteiger partial charge on any atom is 0.225 e. The minimum Gasteiger partial charge on any atom is -0.381 e. The second-order valence-corrected chi connectivity index (χ2v) is 6.80. The number of ether oxygens (including phenoxy) is 1. The summed E-state index contributed by atoms with van der Waals surface area (Å²) >= 11 is 0. The number of hydrogen-bond donors (Lipinski definition) is 1. The summed E-state index contributed by atoms with van der Waals surface area (Å²) in [6, 6.07) is 10.2. The molecule has 0 spiro atoms. The van der Waals surface area contributed by atoms with Gasteiger partial charge in [-0.1, -0.05) is 30.3 Å². The van der Waals surface area contributed by atoms with Gasteiger partial charge in [0.2, 0.25) is 11.8 Å². The molecule has 130 valence electrons. The van der Waals surface area contributed by atoms with E-state index in [1.807, 2.05) is 23.1 Å². The van der Waals surface area contributed by atoms with E-state index in [1.165, 1.54) is 5.56 Å². The topological polar surface area (TPSA) is 58.6 Å². The van der Waals surface area contributed by atoms with Crippen molar-refractivity contribution < 1.29 is 14.3 Å². The summed E-state index contributed by atoms with van der Waals surface area (Å²) in [6.45, 7) is 3.37. The molecule has 1 aromatic carbocycles. The lowest BCUT2D eigenvalue weighted by Gasteiger charge is -2.22. The highest BCUT2D eigenvalue weighted by atomic mass is 16.5. The third-order valence-corrected chi connectivity index (χ3v) is 4.90. The fourth-order valence-electron chi connectivity index (χ4n) is 3.45. The minimum atomic E-state index is -0.0231. The smallest absolute Gasteiger partial charge is 0.225 e. The number of carbonyl (C=O) groups excluding carboxylic acids is 2. The summed E-state index contributed by atoms with van der Waals surface area (Å²) in [5.74, 6) is 0.475. The van der Waals surface area contributed by atoms with Gasteiger partial charge in [-0.15, -0.1) is 0 Å². The van der Waals surface area contributed by atoms with E-state index in [-0.39, 0.29) is 23.7 Å². The average Bonchev–Trinajstić information content (AvgIpc) is 2.99. The molecule has 0 unspecified atom stereocenters. The van der Waals surface area contributed by atoms with Crippen molar-refractivity contribution in [3.8, 4) is 0 Å². The molecule has 2 aliphatic rings. The summed E-state index contributed by atoms with van der Waals surface area (Å²) < 4.78 is 5.36. The highest BCUT2D eigenvalue weighted by molar-refractivity contribution is 5.80. The van der Waals surface area contributed by atoms with Crippen LogP contribution in [0.2, 0.25) is 0 Å². The molecule has 2 amide bonds. The summed E-state index contributed by atoms with van der Waals surface area (Å²) in [5, 5.41) is 3.01. The molecule has 0 aliphatic carbocycles. The van der Waals surface area contributed by atoms with Crippen LogP contribution >= 0.6 is 0 Å². The number of nitrogens with zero attached hydrogens (tertiary/aromatic N) is 1. The van der Waals surface area contributed by atoms with Crippen LogP contribution in [0.4, 0.5) is 0 Å². The maximum absolute atomic E-state index is 12.1. The standard InChI is InChI=1S/C19H26N2O3/c22-18-11-16(12-20-19(23)17-7-4-10-24-14-17)13-21(18)9-8-15-5-2-1-3-6-15/h1-3,5-6,16-17H,4,7-14H2,(H,20,23)/t16-,17-/m1/s1. The van der Waals surface area contributed by atoms with E-state index < -0.39 is 0 Å². The number of nitrogens with one attached hydrogen (secondary N) is 1. The van der Waals surface area contributed by atoms with E-state index in [4.69, 9.17) is 4.74 Å². The molecule has 2 atom stereocenters. The van der Waals surface area contributed by atoms with Gasteiger partial charge in [0.25, 0.3) is 0 Å². The number of carbonyl (C=O) groups is 2. The quantitative estimate of drug-likeness (QED) is 0.862. The summed E-state index contributed by atoms with van der Waals surface area (Å²) in [4.78, 5) is 26.2. The van der Waals surface area contributed by atoms with E-state index in [0.717, 1.165) is 39.0 Å². The molecule has 2 aliphatic heterocycles. The van der Waals surface area contributed by atoms with Crippen LogP contribution in [0.1, 0.15) is 24.8 Å². The van der Waals surface area contributed by atoms with Crippen molar-refractivity contribution in [2.75, 3.05) is 32.8 Å². The van der Waals surface area contributed by atoms with E-state index in [0.29, 0.717) is 19.6 Å². The molecule has 0 saturated carbocycles. The Morgan fingerprint density at radius 3 is 2.88 bits per heavy atom. The molecule has 2 fully saturated rings. The highest BCUT2D eigenvalue weighted by Crippen LogP contribution is 2.19. The third-order valence-electron chi connectivity index (χ3n) is 4.90. The van der Waals surface area contributed by atoms with Crippen LogP contribution in [0.25, 0.3) is 0 Å². The number of likely N-dealkylation sites (tertiary alicyclic amines) is 1. The first-order valence-corrected chi connectivity index (χ1v) is 8.89. The van der Waals surface area contributed by atoms with Crippen molar-refractivity contribution in [3.05, 3.63) is 35.9 Å². The second-order valence-electron chi connectivity index (χ2n) is 6.80. The zero-order chi connectivity index (χ0) is 16.8. The van der Waals surface area contributed by atoms with Crippen LogP contribution in [-0.2, 0) is 20.7 Å². The Hall–Kier alpha value is -1.88. The molecular formula is C19H26N2O3. The van der Waals surface area contributed by atoms with Crippen molar-refractivity contribution in [1.29, 1.82) is 0 Å². The van der Waals surface area contributed by atoms with Crippen molar-refractivity contribution >= 4 is 11.8 Å². The van der Waals surface area contributed by atoms with Gasteiger partial charge in [-0.2, -0.15) is 0 Å². The Bertz CT molecular complexity index is 555. The first-order valence-electron chi connectivity index (χ1n) is 8.89. The molecular weight excluding hydrogens is 304 g/mol. The van der Waals surface area contributed by atoms with Crippen LogP contribution in [-0.4, -0.2) is 49.6 Å². The fraction of sp³-hybridized carbons (Fsp3) is 0.579. The summed E-state index contributed by atoms with van der Waals surface area (Å²) in [6.07, 6.45) is 3.27. The molecule has 3 rings (SSSR count). The SMILES string of the molecule is O=C(NC[C@H]1CC(=O)N(CCc2ccccc2)C1)[C@@H]1CCCOC1. The minimum absolute atomic E-state index is 0.0231. The van der Waals surface area contributed by atoms with Crippen molar-refractivity contribution in [3.63, 3.8) is 0 Å². The van der Waals surface area contributed by atoms with Crippen molar-refractivity contribution in [1.82, 2.24) is 10.2 Å². The Morgan fingerprint density at radius 2 is 2.12 bits per heavy atom. The van der Waals surface area contributed by atoms with Gasteiger partial charge in [-0.25, -0.2) is 0 Å². The number of amides is 2. The zero-order valence-corrected chi connectivity index (χ0v) is 14.1. The molecule has 1 aromatic rings. The lowest BCUT2D eigenvalue weighted by molar-refractivity contribution is -0.129. The number of hydrogen-bond acceptors (Lipinski definition) is 3. The van der Waals surface area contributed by atoms with Gasteiger partial charge in [-0.05, 0) is 24.8 Å². The van der Waals surface area contributed by atoms with E-state index >= 15 is 0 Å². The normalized spacial score (nSPS) is 24.2. The molecule has 5 heteroatoms. The van der Waals surface area contributed by atoms with Gasteiger partial charge >= 0.3 is 0 Å². The molecule has 0 bridgehead atoms. The molecule has 2 heterocycles. The van der Waals surface area contributed by atoms with Gasteiger partial charge in [0.1, 0.15) is 0 Å². The Balaban J connectivity index is 1.40. The molecule has 24 heavy (non-hydrogen) atoms. The third kappa shape index (κ3) is 4.57. The zero-order valence-electron chi connectivity index (χ0n) is 14.1. The van der Waals surface area contributed by atoms with Gasteiger partial charge in [0.15, 0.2) is 0 Å². The van der Waals surface area contributed by atoms with Crippen molar-refractivity contribution in [2.24, 2.45) is 11.8 Å². The summed E-state index contributed by atoms with van der Waals surface area (Å²) in [5.41, 5.74) is 1.25. The van der Waals surface area contributed by atoms with Crippen LogP contribution in [0, 0.1) is 11.8 Å². The molecule has 5 nitrogen and oxygen atoms in total. The first-order chi connectivity index (χ1) is 11.7. The molecule has 2 saturated heterocycles. The van der Waals surface area contributed by atoms with E-state index in [9.17, 15) is 9.59 Å². The molecule has 0 aromatic heterocycles. The lowest BCUT2D eigenvalue weighted by Crippen LogP contribution is -2.38. The molecule has 1 N–H and O–H groups in total. The van der Waals surface area contributed by atoms with Gasteiger partial charge in [0, 0.05) is 38.6 Å². The second kappa shape index (κ2) is 8.29. The largest absolute Gasteiger partial charge is 0.381 e. The number of rotatable bonds is 6. The van der Waals surface area contributed by atoms with Crippen LogP contribution in [0.3, 0.4) is 0 Å². The van der Waals surface area contributed by atoms with Gasteiger partial charge in [-0.3, -0.25) is 9.59 Å². The predicted octanol–water partition coefficient (Wildman–Crippen LogP) is 1.62. The Labute approximate surface area is 143 Å². The first kappa shape index (κ1) is 17.0. The maximum atomic E-state index is 12.1. The Kier molecular flexibility index (Phi) is 5.86. The van der Waals surface area contributed by atoms with Crippen molar-refractivity contribution in [2.45, 2.75) is 25.7 Å². The lowest BCUT2D eigenvalue weighted by atomic mass is 10.0. The van der Waals surface area contributed by atoms with Crippen LogP contribution < -0.4 is 5.32 Å². The fourth-order valence-corrected chi connectivity index (χ4v) is 3.45. The average molecular weight is 330 g/mol. The van der Waals surface area contributed by atoms with E-state index in [1.54, 1.807) is 0 Å². The monoisotopic (exact) mass is 330 g/mol. The van der Waals surface area contributed by atoms with E-state index in [2.05, 4.69) is 17.4 Å². The van der Waals surface area contributed by atoms with Gasteiger partial charge in [0.05, 0.1) is 12.5 Å². The predicted molar refractivity (Wildman–Crippen MR) is 91.4 cm³/mol. The number of benzene rings is 1. The van der Waals surface area contributed by atoms with Crippen LogP contribution in [0.5, 0.6) is 0 Å². The summed E-state index contributed by atoms with van der Waals surface area (Å²) in [7, 11) is 0.